The quantitative estimate of drug-likeness (QED) is 0.158. The minimum absolute atomic E-state index is 1.17. The Balaban J connectivity index is 1.07. The molecular weight excluding hydrogens is 671 g/mol. The first-order valence-corrected chi connectivity index (χ1v) is 21.8. The van der Waals surface area contributed by atoms with E-state index in [2.05, 4.69) is 215 Å². The molecule has 3 heterocycles. The zero-order valence-corrected chi connectivity index (χ0v) is 31.2. The van der Waals surface area contributed by atoms with Crippen molar-refractivity contribution < 1.29 is 0 Å². The van der Waals surface area contributed by atoms with Gasteiger partial charge in [0.25, 0.3) is 0 Å². The van der Waals surface area contributed by atoms with E-state index in [0.29, 0.717) is 0 Å². The Hall–Kier alpha value is -6.62. The average Bonchev–Trinajstić information content (AvgIpc) is 3.86. The first-order chi connectivity index (χ1) is 26.6. The molecule has 0 atom stereocenters. The fraction of sp³-hybridized carbons (Fsp3) is 0.0400. The first-order valence-electron chi connectivity index (χ1n) is 18.8. The van der Waals surface area contributed by atoms with Crippen LogP contribution in [-0.2, 0) is 0 Å². The van der Waals surface area contributed by atoms with Crippen LogP contribution in [0.3, 0.4) is 0 Å². The van der Waals surface area contributed by atoms with Crippen LogP contribution < -0.4 is 10.4 Å². The second-order valence-electron chi connectivity index (χ2n) is 15.0. The second kappa shape index (κ2) is 11.7. The third-order valence-electron chi connectivity index (χ3n) is 11.7. The zero-order valence-electron chi connectivity index (χ0n) is 30.2. The molecule has 0 saturated heterocycles. The van der Waals surface area contributed by atoms with Gasteiger partial charge in [-0.25, -0.2) is 0 Å². The lowest BCUT2D eigenvalue weighted by atomic mass is 10.1. The smallest absolute Gasteiger partial charge is 0.112 e. The largest absolute Gasteiger partial charge is 0.309 e. The third-order valence-corrected chi connectivity index (χ3v) is 15.2. The molecule has 54 heavy (non-hydrogen) atoms. The maximum Gasteiger partial charge on any atom is 0.112 e. The SMILES string of the molecule is C[Si](C)(c1ccc2c(c1)c1ccccc1n2-c1ccccc1)c1ccc2c(c1)c1ccccc1n2-c1ccc2c(c1)c1ccccc1n2-c1ccccc1. The highest BCUT2D eigenvalue weighted by molar-refractivity contribution is 7.00. The number of rotatable bonds is 5. The number of fused-ring (bicyclic) bond motifs is 9. The van der Waals surface area contributed by atoms with Crippen molar-refractivity contribution in [3.63, 3.8) is 0 Å². The normalized spacial score (nSPS) is 12.3. The molecule has 0 N–H and O–H groups in total. The highest BCUT2D eigenvalue weighted by Gasteiger charge is 2.28. The van der Waals surface area contributed by atoms with Crippen LogP contribution >= 0.6 is 0 Å². The van der Waals surface area contributed by atoms with E-state index in [0.717, 1.165) is 0 Å². The Labute approximate surface area is 314 Å². The molecule has 0 aliphatic carbocycles. The van der Waals surface area contributed by atoms with Gasteiger partial charge in [-0.1, -0.05) is 139 Å². The van der Waals surface area contributed by atoms with E-state index in [-0.39, 0.29) is 0 Å². The molecule has 3 aromatic heterocycles. The van der Waals surface area contributed by atoms with Gasteiger partial charge in [-0.2, -0.15) is 0 Å². The van der Waals surface area contributed by atoms with E-state index < -0.39 is 8.07 Å². The van der Waals surface area contributed by atoms with Crippen molar-refractivity contribution in [3.05, 3.63) is 188 Å². The molecule has 256 valence electrons. The van der Waals surface area contributed by atoms with Crippen molar-refractivity contribution in [1.29, 1.82) is 0 Å². The maximum absolute atomic E-state index is 2.50. The Morgan fingerprint density at radius 2 is 0.611 bits per heavy atom. The van der Waals surface area contributed by atoms with E-state index in [1.807, 2.05) is 0 Å². The van der Waals surface area contributed by atoms with Gasteiger partial charge < -0.3 is 13.7 Å². The molecule has 0 radical (unpaired) electrons. The molecule has 0 amide bonds. The number of para-hydroxylation sites is 5. The van der Waals surface area contributed by atoms with E-state index in [1.54, 1.807) is 0 Å². The van der Waals surface area contributed by atoms with Gasteiger partial charge >= 0.3 is 0 Å². The average molecular weight is 708 g/mol. The van der Waals surface area contributed by atoms with Crippen LogP contribution in [0.1, 0.15) is 0 Å². The summed E-state index contributed by atoms with van der Waals surface area (Å²) in [4.78, 5) is 0. The van der Waals surface area contributed by atoms with Gasteiger partial charge in [-0.05, 0) is 72.8 Å². The minimum Gasteiger partial charge on any atom is -0.309 e. The zero-order chi connectivity index (χ0) is 36.0. The number of nitrogens with zero attached hydrogens (tertiary/aromatic N) is 3. The summed E-state index contributed by atoms with van der Waals surface area (Å²) in [5.74, 6) is 0. The summed E-state index contributed by atoms with van der Waals surface area (Å²) < 4.78 is 7.25. The lowest BCUT2D eigenvalue weighted by Crippen LogP contribution is -2.52. The third kappa shape index (κ3) is 4.47. The van der Waals surface area contributed by atoms with Crippen LogP contribution in [0, 0.1) is 0 Å². The van der Waals surface area contributed by atoms with Crippen molar-refractivity contribution in [2.45, 2.75) is 13.1 Å². The molecule has 0 fully saturated rings. The van der Waals surface area contributed by atoms with E-state index >= 15 is 0 Å². The Bertz CT molecular complexity index is 3240. The second-order valence-corrected chi connectivity index (χ2v) is 19.4. The van der Waals surface area contributed by atoms with Crippen LogP contribution in [0.15, 0.2) is 188 Å². The molecule has 0 aliphatic heterocycles. The minimum atomic E-state index is -2.12. The summed E-state index contributed by atoms with van der Waals surface area (Å²) in [7, 11) is -2.12. The first kappa shape index (κ1) is 31.0. The van der Waals surface area contributed by atoms with Crippen LogP contribution in [0.25, 0.3) is 82.5 Å². The molecule has 3 nitrogen and oxygen atoms in total. The summed E-state index contributed by atoms with van der Waals surface area (Å²) in [6.45, 7) is 5.00. The monoisotopic (exact) mass is 707 g/mol. The van der Waals surface area contributed by atoms with E-state index in [9.17, 15) is 0 Å². The van der Waals surface area contributed by atoms with Crippen molar-refractivity contribution in [3.8, 4) is 17.1 Å². The van der Waals surface area contributed by atoms with Gasteiger partial charge in [-0.15, -0.1) is 0 Å². The summed E-state index contributed by atoms with van der Waals surface area (Å²) in [5.41, 5.74) is 10.9. The molecule has 11 rings (SSSR count). The summed E-state index contributed by atoms with van der Waals surface area (Å²) in [6.07, 6.45) is 0. The lowest BCUT2D eigenvalue weighted by Gasteiger charge is -2.24. The van der Waals surface area contributed by atoms with E-state index in [1.165, 1.54) is 92.9 Å². The van der Waals surface area contributed by atoms with Crippen molar-refractivity contribution >= 4 is 83.9 Å². The molecule has 11 aromatic rings. The molecule has 0 bridgehead atoms. The predicted octanol–water partition coefficient (Wildman–Crippen LogP) is 11.8. The van der Waals surface area contributed by atoms with E-state index in [4.69, 9.17) is 0 Å². The van der Waals surface area contributed by atoms with Gasteiger partial charge in [-0.3, -0.25) is 0 Å². The standard InChI is InChI=1S/C50H37N3Si/c1-54(2,37-26-29-49-43(32-37)40-20-10-13-23-46(40)52(49)35-17-7-4-8-18-35)38-27-30-50-44(33-38)41-21-11-14-24-47(41)53(50)36-25-28-48-42(31-36)39-19-9-12-22-45(39)51(48)34-15-5-3-6-16-34/h3-33H,1-2H3. The van der Waals surface area contributed by atoms with Crippen LogP contribution in [0.5, 0.6) is 0 Å². The van der Waals surface area contributed by atoms with Crippen LogP contribution in [-0.4, -0.2) is 21.8 Å². The molecular formula is C50H37N3Si. The van der Waals surface area contributed by atoms with Crippen molar-refractivity contribution in [1.82, 2.24) is 13.7 Å². The highest BCUT2D eigenvalue weighted by Crippen LogP contribution is 2.37. The van der Waals surface area contributed by atoms with Crippen LogP contribution in [0.2, 0.25) is 13.1 Å². The van der Waals surface area contributed by atoms with Gasteiger partial charge in [0.05, 0.1) is 33.1 Å². The molecule has 8 aromatic carbocycles. The van der Waals surface area contributed by atoms with Crippen molar-refractivity contribution in [2.24, 2.45) is 0 Å². The van der Waals surface area contributed by atoms with Crippen molar-refractivity contribution in [2.75, 3.05) is 0 Å². The van der Waals surface area contributed by atoms with Gasteiger partial charge in [0.2, 0.25) is 0 Å². The lowest BCUT2D eigenvalue weighted by molar-refractivity contribution is 1.17. The van der Waals surface area contributed by atoms with Gasteiger partial charge in [0.1, 0.15) is 8.07 Å². The van der Waals surface area contributed by atoms with Gasteiger partial charge in [0.15, 0.2) is 0 Å². The number of hydrogen-bond acceptors (Lipinski definition) is 0. The summed E-state index contributed by atoms with van der Waals surface area (Å²) >= 11 is 0. The Morgan fingerprint density at radius 3 is 1.06 bits per heavy atom. The fourth-order valence-electron chi connectivity index (χ4n) is 8.98. The summed E-state index contributed by atoms with van der Waals surface area (Å²) in [6, 6.07) is 69.4. The van der Waals surface area contributed by atoms with Gasteiger partial charge in [0, 0.05) is 49.4 Å². The molecule has 0 unspecified atom stereocenters. The van der Waals surface area contributed by atoms with Crippen LogP contribution in [0.4, 0.5) is 0 Å². The Kier molecular flexibility index (Phi) is 6.70. The Morgan fingerprint density at radius 1 is 0.278 bits per heavy atom. The topological polar surface area (TPSA) is 14.8 Å². The number of hydrogen-bond donors (Lipinski definition) is 0. The molecule has 4 heteroatoms. The summed E-state index contributed by atoms with van der Waals surface area (Å²) in [5, 5.41) is 10.6. The number of aromatic nitrogens is 3. The maximum atomic E-state index is 2.50. The predicted molar refractivity (Wildman–Crippen MR) is 233 cm³/mol. The molecule has 0 aliphatic rings. The molecule has 0 saturated carbocycles. The molecule has 0 spiro atoms. The number of benzene rings is 8. The highest BCUT2D eigenvalue weighted by atomic mass is 28.3. The fourth-order valence-corrected chi connectivity index (χ4v) is 11.3.